The van der Waals surface area contributed by atoms with Crippen LogP contribution < -0.4 is 0 Å². The van der Waals surface area contributed by atoms with Crippen LogP contribution in [0, 0.1) is 11.3 Å². The molecule has 0 aliphatic carbocycles. The predicted molar refractivity (Wildman–Crippen MR) is 76.5 cm³/mol. The minimum Gasteiger partial charge on any atom is -0.236 e. The van der Waals surface area contributed by atoms with Crippen LogP contribution in [0.15, 0.2) is 30.5 Å². The maximum Gasteiger partial charge on any atom is 0.103 e. The summed E-state index contributed by atoms with van der Waals surface area (Å²) < 4.78 is 1.87. The van der Waals surface area contributed by atoms with E-state index in [0.717, 1.165) is 11.4 Å². The number of hydrogen-bond acceptors (Lipinski definition) is 2. The molecule has 0 spiro atoms. The summed E-state index contributed by atoms with van der Waals surface area (Å²) >= 11 is 0. The van der Waals surface area contributed by atoms with Gasteiger partial charge in [-0.25, -0.2) is 4.68 Å². The van der Waals surface area contributed by atoms with E-state index in [2.05, 4.69) is 63.1 Å². The molecule has 3 nitrogen and oxygen atoms in total. The number of hydrogen-bond donors (Lipinski definition) is 0. The molecule has 3 heteroatoms. The van der Waals surface area contributed by atoms with Crippen molar-refractivity contribution in [1.29, 1.82) is 5.26 Å². The van der Waals surface area contributed by atoms with Gasteiger partial charge >= 0.3 is 0 Å². The lowest BCUT2D eigenvalue weighted by atomic mass is 10.0. The van der Waals surface area contributed by atoms with Crippen molar-refractivity contribution in [3.8, 4) is 11.8 Å². The molecule has 19 heavy (non-hydrogen) atoms. The van der Waals surface area contributed by atoms with Crippen molar-refractivity contribution in [1.82, 2.24) is 9.78 Å². The minimum atomic E-state index is 0.266. The number of nitriles is 1. The zero-order valence-electron chi connectivity index (χ0n) is 11.9. The summed E-state index contributed by atoms with van der Waals surface area (Å²) in [5.74, 6) is 0.785. The second-order valence-corrected chi connectivity index (χ2v) is 5.37. The van der Waals surface area contributed by atoms with Crippen LogP contribution in [0.25, 0.3) is 5.69 Å². The van der Waals surface area contributed by atoms with Crippen LogP contribution in [-0.2, 0) is 0 Å². The molecule has 0 atom stereocenters. The van der Waals surface area contributed by atoms with Crippen LogP contribution in [-0.4, -0.2) is 9.78 Å². The SMILES string of the molecule is CC(C)c1ccc(-n2ncc(C#N)c2C(C)C)cc1. The van der Waals surface area contributed by atoms with Crippen LogP contribution in [0.3, 0.4) is 0 Å². The molecule has 0 bridgehead atoms. The highest BCUT2D eigenvalue weighted by Gasteiger charge is 2.15. The first-order valence-electron chi connectivity index (χ1n) is 6.63. The Morgan fingerprint density at radius 2 is 1.68 bits per heavy atom. The monoisotopic (exact) mass is 253 g/mol. The van der Waals surface area contributed by atoms with Gasteiger partial charge in [0.25, 0.3) is 0 Å². The lowest BCUT2D eigenvalue weighted by Crippen LogP contribution is -2.05. The van der Waals surface area contributed by atoms with Gasteiger partial charge in [-0.2, -0.15) is 10.4 Å². The van der Waals surface area contributed by atoms with Crippen molar-refractivity contribution in [2.24, 2.45) is 0 Å². The molecule has 2 rings (SSSR count). The molecule has 0 unspecified atom stereocenters. The van der Waals surface area contributed by atoms with Crippen LogP contribution in [0.2, 0.25) is 0 Å². The normalized spacial score (nSPS) is 11.0. The second-order valence-electron chi connectivity index (χ2n) is 5.37. The van der Waals surface area contributed by atoms with Crippen molar-refractivity contribution in [3.05, 3.63) is 47.3 Å². The number of nitrogens with zero attached hydrogens (tertiary/aromatic N) is 3. The maximum atomic E-state index is 9.14. The van der Waals surface area contributed by atoms with Gasteiger partial charge in [-0.3, -0.25) is 0 Å². The van der Waals surface area contributed by atoms with Crippen LogP contribution in [0.1, 0.15) is 56.4 Å². The quantitative estimate of drug-likeness (QED) is 0.830. The molecule has 0 fully saturated rings. The van der Waals surface area contributed by atoms with E-state index in [1.807, 2.05) is 4.68 Å². The Hall–Kier alpha value is -2.08. The molecule has 0 saturated carbocycles. The van der Waals surface area contributed by atoms with Gasteiger partial charge in [-0.1, -0.05) is 39.8 Å². The van der Waals surface area contributed by atoms with Crippen molar-refractivity contribution >= 4 is 0 Å². The molecule has 0 N–H and O–H groups in total. The van der Waals surface area contributed by atoms with Gasteiger partial charge in [0.15, 0.2) is 0 Å². The van der Waals surface area contributed by atoms with Gasteiger partial charge in [0.05, 0.1) is 23.1 Å². The van der Waals surface area contributed by atoms with Crippen LogP contribution in [0.5, 0.6) is 0 Å². The average Bonchev–Trinajstić information content (AvgIpc) is 2.82. The van der Waals surface area contributed by atoms with Crippen molar-refractivity contribution in [2.45, 2.75) is 39.5 Å². The summed E-state index contributed by atoms with van der Waals surface area (Å²) in [4.78, 5) is 0. The first-order chi connectivity index (χ1) is 9.04. The Morgan fingerprint density at radius 3 is 2.16 bits per heavy atom. The largest absolute Gasteiger partial charge is 0.236 e. The fourth-order valence-corrected chi connectivity index (χ4v) is 2.21. The predicted octanol–water partition coefficient (Wildman–Crippen LogP) is 3.99. The number of rotatable bonds is 3. The summed E-state index contributed by atoms with van der Waals surface area (Å²) in [6, 6.07) is 10.6. The molecule has 2 aromatic rings. The average molecular weight is 253 g/mol. The smallest absolute Gasteiger partial charge is 0.103 e. The molecule has 1 aromatic carbocycles. The molecule has 98 valence electrons. The third-order valence-electron chi connectivity index (χ3n) is 3.28. The zero-order valence-corrected chi connectivity index (χ0v) is 11.9. The van der Waals surface area contributed by atoms with E-state index in [4.69, 9.17) is 5.26 Å². The van der Waals surface area contributed by atoms with Gasteiger partial charge in [0.2, 0.25) is 0 Å². The summed E-state index contributed by atoms with van der Waals surface area (Å²) in [6.45, 7) is 8.51. The van der Waals surface area contributed by atoms with Gasteiger partial charge < -0.3 is 0 Å². The van der Waals surface area contributed by atoms with E-state index in [0.29, 0.717) is 11.5 Å². The molecule has 0 saturated heterocycles. The lowest BCUT2D eigenvalue weighted by molar-refractivity contribution is 0.732. The second kappa shape index (κ2) is 5.27. The molecular formula is C16H19N3. The highest BCUT2D eigenvalue weighted by molar-refractivity contribution is 5.42. The first-order valence-corrected chi connectivity index (χ1v) is 6.63. The summed E-state index contributed by atoms with van der Waals surface area (Å²) in [5, 5.41) is 13.5. The van der Waals surface area contributed by atoms with Crippen molar-refractivity contribution in [2.75, 3.05) is 0 Å². The fraction of sp³-hybridized carbons (Fsp3) is 0.375. The summed E-state index contributed by atoms with van der Waals surface area (Å²) in [7, 11) is 0. The van der Waals surface area contributed by atoms with Gasteiger partial charge in [-0.15, -0.1) is 0 Å². The molecular weight excluding hydrogens is 234 g/mol. The molecule has 0 aliphatic rings. The minimum absolute atomic E-state index is 0.266. The van der Waals surface area contributed by atoms with E-state index in [1.54, 1.807) is 6.20 Å². The third kappa shape index (κ3) is 2.53. The summed E-state index contributed by atoms with van der Waals surface area (Å²) in [6.07, 6.45) is 1.64. The number of aromatic nitrogens is 2. The Morgan fingerprint density at radius 1 is 1.05 bits per heavy atom. The Labute approximate surface area is 114 Å². The number of benzene rings is 1. The van der Waals surface area contributed by atoms with Crippen LogP contribution in [0.4, 0.5) is 0 Å². The van der Waals surface area contributed by atoms with Gasteiger partial charge in [0, 0.05) is 0 Å². The van der Waals surface area contributed by atoms with Gasteiger partial charge in [0.1, 0.15) is 6.07 Å². The molecule has 0 amide bonds. The van der Waals surface area contributed by atoms with E-state index < -0.39 is 0 Å². The molecule has 0 aliphatic heterocycles. The van der Waals surface area contributed by atoms with E-state index >= 15 is 0 Å². The lowest BCUT2D eigenvalue weighted by Gasteiger charge is -2.12. The molecule has 1 aromatic heterocycles. The fourth-order valence-electron chi connectivity index (χ4n) is 2.21. The standard InChI is InChI=1S/C16H19N3/c1-11(2)13-5-7-15(8-6-13)19-16(12(3)4)14(9-17)10-18-19/h5-8,10-12H,1-4H3. The van der Waals surface area contributed by atoms with E-state index in [1.165, 1.54) is 5.56 Å². The van der Waals surface area contributed by atoms with Gasteiger partial charge in [-0.05, 0) is 29.5 Å². The highest BCUT2D eigenvalue weighted by Crippen LogP contribution is 2.23. The first kappa shape index (κ1) is 13.4. The van der Waals surface area contributed by atoms with E-state index in [9.17, 15) is 0 Å². The Balaban J connectivity index is 2.48. The zero-order chi connectivity index (χ0) is 14.0. The topological polar surface area (TPSA) is 41.6 Å². The Kier molecular flexibility index (Phi) is 3.71. The van der Waals surface area contributed by atoms with Crippen LogP contribution >= 0.6 is 0 Å². The highest BCUT2D eigenvalue weighted by atomic mass is 15.3. The Bertz CT molecular complexity index is 598. The molecule has 0 radical (unpaired) electrons. The van der Waals surface area contributed by atoms with Crippen molar-refractivity contribution < 1.29 is 0 Å². The van der Waals surface area contributed by atoms with E-state index in [-0.39, 0.29) is 5.92 Å². The third-order valence-corrected chi connectivity index (χ3v) is 3.28. The summed E-state index contributed by atoms with van der Waals surface area (Å²) in [5.41, 5.74) is 3.94. The van der Waals surface area contributed by atoms with Crippen molar-refractivity contribution in [3.63, 3.8) is 0 Å². The molecule has 1 heterocycles. The maximum absolute atomic E-state index is 9.14.